The molecule has 0 aliphatic carbocycles. The average molecular weight is 623 g/mol. The van der Waals surface area contributed by atoms with Crippen LogP contribution < -0.4 is 15.3 Å². The average Bonchev–Trinajstić information content (AvgIpc) is 3.00. The molecule has 0 heterocycles. The van der Waals surface area contributed by atoms with Gasteiger partial charge in [0.1, 0.15) is 11.8 Å². The Morgan fingerprint density at radius 1 is 1.00 bits per heavy atom. The second-order valence-corrected chi connectivity index (χ2v) is 13.4. The number of rotatable bonds is 23. The van der Waals surface area contributed by atoms with Crippen molar-refractivity contribution in [2.24, 2.45) is 5.73 Å². The molecule has 0 spiro atoms. The van der Waals surface area contributed by atoms with Crippen molar-refractivity contribution in [3.63, 3.8) is 0 Å². The Kier molecular flexibility index (Phi) is 17.4. The molecule has 3 unspecified atom stereocenters. The lowest BCUT2D eigenvalue weighted by Gasteiger charge is -2.30. The summed E-state index contributed by atoms with van der Waals surface area (Å²) < 4.78 is 30.8. The van der Waals surface area contributed by atoms with Crippen LogP contribution in [-0.4, -0.2) is 54.5 Å². The lowest BCUT2D eigenvalue weighted by atomic mass is 9.93. The number of hydrogen-bond acceptors (Lipinski definition) is 8. The summed E-state index contributed by atoms with van der Waals surface area (Å²) in [6.07, 6.45) is 12.0. The quantitative estimate of drug-likeness (QED) is 0.0707. The number of unbranched alkanes of at least 4 members (excludes halogenated alkanes) is 5. The highest BCUT2D eigenvalue weighted by Gasteiger charge is 2.37. The van der Waals surface area contributed by atoms with E-state index in [0.29, 0.717) is 30.8 Å². The van der Waals surface area contributed by atoms with Crippen LogP contribution in [0.1, 0.15) is 76.3 Å². The molecule has 0 aromatic heterocycles. The maximum atomic E-state index is 14.0. The Bertz CT molecular complexity index is 1060. The molecular weight excluding hydrogens is 571 g/mol. The van der Waals surface area contributed by atoms with Gasteiger partial charge in [-0.1, -0.05) is 81.5 Å². The minimum absolute atomic E-state index is 0.192. The molecule has 0 saturated heterocycles. The molecule has 2 rings (SSSR count). The molecule has 8 nitrogen and oxygen atoms in total. The van der Waals surface area contributed by atoms with Crippen molar-refractivity contribution in [2.75, 3.05) is 31.8 Å². The minimum Gasteiger partial charge on any atom is -0.465 e. The third kappa shape index (κ3) is 14.1. The first-order valence-corrected chi connectivity index (χ1v) is 18.1. The number of carbonyl (C=O) groups excluding carboxylic acids is 1. The summed E-state index contributed by atoms with van der Waals surface area (Å²) in [7, 11) is -4.10. The largest absolute Gasteiger partial charge is 0.465 e. The predicted octanol–water partition coefficient (Wildman–Crippen LogP) is 6.69. The van der Waals surface area contributed by atoms with Crippen molar-refractivity contribution >= 4 is 25.5 Å². The number of aliphatic hydroxyl groups is 1. The maximum Gasteiger partial charge on any atom is 0.459 e. The monoisotopic (exact) mass is 622 g/mol. The summed E-state index contributed by atoms with van der Waals surface area (Å²) in [5.41, 5.74) is 7.79. The smallest absolute Gasteiger partial charge is 0.459 e. The van der Waals surface area contributed by atoms with Gasteiger partial charge in [-0.15, -0.1) is 0 Å². The molecule has 0 bridgehead atoms. The minimum atomic E-state index is -4.10. The molecule has 0 aliphatic heterocycles. The van der Waals surface area contributed by atoms with E-state index in [1.807, 2.05) is 12.3 Å². The normalized spacial score (nSPS) is 15.0. The van der Waals surface area contributed by atoms with Crippen molar-refractivity contribution in [1.29, 1.82) is 0 Å². The predicted molar refractivity (Wildman–Crippen MR) is 173 cm³/mol. The molecule has 0 fully saturated rings. The molecule has 236 valence electrons. The standard InChI is InChI=1S/C32H51N2O6PS/c1-4-6-7-8-9-11-14-27-17-19-28(20-18-27)21-23-32(33,25-35)26-39-41(37,40-29-15-12-10-13-16-29)34-30(22-24-42-3)31(36)38-5-2/h10,12-13,15-20,30,35H,4-9,11,14,21-26,33H2,1-3H3,(H,34,37). The number of aliphatic hydroxyl groups excluding tert-OH is 1. The molecule has 10 heteroatoms. The van der Waals surface area contributed by atoms with E-state index in [0.717, 1.165) is 12.0 Å². The van der Waals surface area contributed by atoms with Crippen molar-refractivity contribution in [3.05, 3.63) is 65.7 Å². The van der Waals surface area contributed by atoms with Crippen LogP contribution in [0, 0.1) is 0 Å². The Balaban J connectivity index is 2.03. The van der Waals surface area contributed by atoms with Gasteiger partial charge in [-0.3, -0.25) is 9.32 Å². The molecular formula is C32H51N2O6PS. The van der Waals surface area contributed by atoms with E-state index < -0.39 is 25.3 Å². The lowest BCUT2D eigenvalue weighted by Crippen LogP contribution is -2.49. The number of hydrogen-bond donors (Lipinski definition) is 3. The van der Waals surface area contributed by atoms with Crippen LogP contribution in [0.3, 0.4) is 0 Å². The van der Waals surface area contributed by atoms with Crippen molar-refractivity contribution < 1.29 is 28.3 Å². The van der Waals surface area contributed by atoms with Gasteiger partial charge in [0, 0.05) is 0 Å². The van der Waals surface area contributed by atoms with Crippen molar-refractivity contribution in [2.45, 2.75) is 89.6 Å². The van der Waals surface area contributed by atoms with E-state index in [1.54, 1.807) is 43.0 Å². The number of ether oxygens (including phenoxy) is 1. The Morgan fingerprint density at radius 3 is 2.26 bits per heavy atom. The van der Waals surface area contributed by atoms with E-state index in [9.17, 15) is 14.5 Å². The number of benzene rings is 2. The first-order valence-electron chi connectivity index (χ1n) is 15.2. The molecule has 3 atom stereocenters. The second-order valence-electron chi connectivity index (χ2n) is 10.7. The zero-order valence-corrected chi connectivity index (χ0v) is 27.3. The number of thioether (sulfide) groups is 1. The molecule has 0 saturated carbocycles. The Morgan fingerprint density at radius 2 is 1.64 bits per heavy atom. The highest BCUT2D eigenvalue weighted by molar-refractivity contribution is 7.98. The van der Waals surface area contributed by atoms with E-state index >= 15 is 0 Å². The lowest BCUT2D eigenvalue weighted by molar-refractivity contribution is -0.145. The summed E-state index contributed by atoms with van der Waals surface area (Å²) in [6.45, 7) is 3.53. The van der Waals surface area contributed by atoms with Crippen LogP contribution in [0.4, 0.5) is 0 Å². The number of aryl methyl sites for hydroxylation is 2. The summed E-state index contributed by atoms with van der Waals surface area (Å²) >= 11 is 1.56. The highest BCUT2D eigenvalue weighted by atomic mass is 32.2. The van der Waals surface area contributed by atoms with Gasteiger partial charge in [-0.05, 0) is 74.3 Å². The van der Waals surface area contributed by atoms with Crippen molar-refractivity contribution in [1.82, 2.24) is 5.09 Å². The van der Waals surface area contributed by atoms with Gasteiger partial charge in [-0.2, -0.15) is 16.8 Å². The van der Waals surface area contributed by atoms with Crippen LogP contribution in [0.5, 0.6) is 5.75 Å². The topological polar surface area (TPSA) is 120 Å². The molecule has 0 aliphatic rings. The third-order valence-corrected chi connectivity index (χ3v) is 9.25. The van der Waals surface area contributed by atoms with Gasteiger partial charge in [0.05, 0.1) is 25.4 Å². The first-order chi connectivity index (χ1) is 20.3. The van der Waals surface area contributed by atoms with Crippen molar-refractivity contribution in [3.8, 4) is 5.75 Å². The zero-order valence-electron chi connectivity index (χ0n) is 25.6. The van der Waals surface area contributed by atoms with E-state index in [1.165, 1.54) is 44.1 Å². The van der Waals surface area contributed by atoms with Crippen LogP contribution in [-0.2, 0) is 31.5 Å². The number of para-hydroxylation sites is 1. The number of esters is 1. The van der Waals surface area contributed by atoms with Crippen LogP contribution in [0.2, 0.25) is 0 Å². The summed E-state index contributed by atoms with van der Waals surface area (Å²) in [4.78, 5) is 12.6. The number of nitrogens with two attached hydrogens (primary N) is 1. The van der Waals surface area contributed by atoms with Gasteiger partial charge in [-0.25, -0.2) is 4.57 Å². The van der Waals surface area contributed by atoms with Gasteiger partial charge in [0.2, 0.25) is 0 Å². The summed E-state index contributed by atoms with van der Waals surface area (Å²) in [6, 6.07) is 16.2. The van der Waals surface area contributed by atoms with E-state index in [-0.39, 0.29) is 19.8 Å². The molecule has 42 heavy (non-hydrogen) atoms. The molecule has 0 amide bonds. The number of nitrogens with one attached hydrogen (secondary N) is 1. The molecule has 0 radical (unpaired) electrons. The summed E-state index contributed by atoms with van der Waals surface area (Å²) in [5.74, 6) is 0.415. The Labute approximate surface area is 257 Å². The Hall–Kier alpha value is -1.87. The fraction of sp³-hybridized carbons (Fsp3) is 0.594. The molecule has 4 N–H and O–H groups in total. The zero-order chi connectivity index (χ0) is 30.7. The van der Waals surface area contributed by atoms with Gasteiger partial charge in [0.15, 0.2) is 0 Å². The molecule has 2 aromatic rings. The third-order valence-electron chi connectivity index (χ3n) is 7.05. The van der Waals surface area contributed by atoms with Gasteiger partial charge in [0.25, 0.3) is 0 Å². The maximum absolute atomic E-state index is 14.0. The fourth-order valence-corrected chi connectivity index (χ4v) is 6.49. The fourth-order valence-electron chi connectivity index (χ4n) is 4.40. The molecule has 2 aromatic carbocycles. The summed E-state index contributed by atoms with van der Waals surface area (Å²) in [5, 5.41) is 13.0. The second kappa shape index (κ2) is 20.2. The van der Waals surface area contributed by atoms with Crippen LogP contribution in [0.25, 0.3) is 0 Å². The van der Waals surface area contributed by atoms with Crippen LogP contribution in [0.15, 0.2) is 54.6 Å². The van der Waals surface area contributed by atoms with Gasteiger partial charge < -0.3 is 20.1 Å². The van der Waals surface area contributed by atoms with Crippen LogP contribution >= 0.6 is 19.5 Å². The highest BCUT2D eigenvalue weighted by Crippen LogP contribution is 2.46. The van der Waals surface area contributed by atoms with E-state index in [2.05, 4.69) is 36.3 Å². The first kappa shape index (κ1) is 36.3. The number of carbonyl (C=O) groups is 1. The SMILES string of the molecule is CCCCCCCCc1ccc(CCC(N)(CO)COP(=O)(NC(CCSC)C(=O)OCC)Oc2ccccc2)cc1. The van der Waals surface area contributed by atoms with E-state index in [4.69, 9.17) is 19.5 Å². The van der Waals surface area contributed by atoms with Gasteiger partial charge >= 0.3 is 13.7 Å².